The molecule has 5 heteroatoms. The summed E-state index contributed by atoms with van der Waals surface area (Å²) in [6, 6.07) is 0.522. The number of fused-ring (bicyclic) bond motifs is 3. The number of nitrogens with zero attached hydrogens (tertiary/aromatic N) is 2. The summed E-state index contributed by atoms with van der Waals surface area (Å²) in [5.41, 5.74) is 0. The third kappa shape index (κ3) is 1.15. The first-order chi connectivity index (χ1) is 6.86. The number of piperidine rings is 1. The first-order valence-electron chi connectivity index (χ1n) is 4.82. The summed E-state index contributed by atoms with van der Waals surface area (Å²) in [5, 5.41) is 13.3. The zero-order valence-electron chi connectivity index (χ0n) is 7.59. The summed E-state index contributed by atoms with van der Waals surface area (Å²) in [4.78, 5) is 11.4. The first kappa shape index (κ1) is 8.61. The maximum Gasteiger partial charge on any atom is 0.270 e. The van der Waals surface area contributed by atoms with Gasteiger partial charge in [-0.15, -0.1) is 16.9 Å². The van der Waals surface area contributed by atoms with Crippen molar-refractivity contribution in [1.82, 2.24) is 5.32 Å². The number of thioether (sulfide) groups is 1. The third-order valence-electron chi connectivity index (χ3n) is 3.16. The van der Waals surface area contributed by atoms with Gasteiger partial charge in [0.05, 0.1) is 12.0 Å². The second-order valence-electron chi connectivity index (χ2n) is 3.91. The Bertz CT molecular complexity index is 328. The molecule has 0 aromatic rings. The minimum Gasteiger partial charge on any atom is -0.309 e. The van der Waals surface area contributed by atoms with Crippen molar-refractivity contribution in [3.63, 3.8) is 0 Å². The Kier molecular flexibility index (Phi) is 1.95. The van der Waals surface area contributed by atoms with Crippen LogP contribution in [0.3, 0.4) is 0 Å². The van der Waals surface area contributed by atoms with E-state index in [1.807, 2.05) is 0 Å². The van der Waals surface area contributed by atoms with Crippen molar-refractivity contribution in [3.05, 3.63) is 11.5 Å². The van der Waals surface area contributed by atoms with Crippen LogP contribution in [0.2, 0.25) is 0 Å². The predicted octanol–water partition coefficient (Wildman–Crippen LogP) is 0.812. The second-order valence-corrected chi connectivity index (χ2v) is 4.85. The average Bonchev–Trinajstić information content (AvgIpc) is 2.61. The second kappa shape index (κ2) is 3.17. The molecule has 3 aliphatic rings. The number of hydrogen-bond acceptors (Lipinski definition) is 4. The number of rotatable bonds is 0. The van der Waals surface area contributed by atoms with Gasteiger partial charge in [-0.3, -0.25) is 4.79 Å². The monoisotopic (exact) mass is 209 g/mol. The molecule has 0 radical (unpaired) electrons. The summed E-state index contributed by atoms with van der Waals surface area (Å²) < 4.78 is 0. The summed E-state index contributed by atoms with van der Waals surface area (Å²) in [7, 11) is 0. The molecule has 0 aromatic carbocycles. The molecule has 3 aliphatic heterocycles. The molecule has 0 spiro atoms. The molecule has 0 aromatic heterocycles. The van der Waals surface area contributed by atoms with Crippen LogP contribution in [0.1, 0.15) is 0 Å². The number of azo groups is 1. The van der Waals surface area contributed by atoms with E-state index in [2.05, 4.69) is 27.0 Å². The van der Waals surface area contributed by atoms with Gasteiger partial charge in [-0.05, 0) is 5.41 Å². The Labute approximate surface area is 86.2 Å². The largest absolute Gasteiger partial charge is 0.309 e. The molecule has 0 aliphatic carbocycles. The fraction of sp³-hybridized carbons (Fsp3) is 0.667. The van der Waals surface area contributed by atoms with Crippen molar-refractivity contribution < 1.29 is 4.79 Å². The Balaban J connectivity index is 1.89. The minimum atomic E-state index is -0.0412. The maximum atomic E-state index is 11.4. The van der Waals surface area contributed by atoms with E-state index in [1.165, 1.54) is 0 Å². The van der Waals surface area contributed by atoms with E-state index in [9.17, 15) is 4.79 Å². The van der Waals surface area contributed by atoms with Crippen LogP contribution in [0.25, 0.3) is 0 Å². The number of carbonyl (C=O) groups excluding carboxylic acids is 1. The Morgan fingerprint density at radius 1 is 1.57 bits per heavy atom. The van der Waals surface area contributed by atoms with Gasteiger partial charge < -0.3 is 5.32 Å². The SMILES string of the molecule is O=C1N=NC2C1CNC1C=CSCC12. The van der Waals surface area contributed by atoms with Gasteiger partial charge in [-0.1, -0.05) is 6.08 Å². The lowest BCUT2D eigenvalue weighted by molar-refractivity contribution is -0.121. The average molecular weight is 209 g/mol. The molecule has 3 rings (SSSR count). The molecule has 1 N–H and O–H groups in total. The third-order valence-corrected chi connectivity index (χ3v) is 4.09. The van der Waals surface area contributed by atoms with Gasteiger partial charge in [-0.2, -0.15) is 5.11 Å². The maximum absolute atomic E-state index is 11.4. The summed E-state index contributed by atoms with van der Waals surface area (Å²) >= 11 is 1.80. The lowest BCUT2D eigenvalue weighted by Crippen LogP contribution is -2.54. The highest BCUT2D eigenvalue weighted by atomic mass is 32.2. The minimum absolute atomic E-state index is 0.00310. The molecule has 74 valence electrons. The summed E-state index contributed by atoms with van der Waals surface area (Å²) in [5.74, 6) is 1.45. The molecule has 14 heavy (non-hydrogen) atoms. The molecule has 4 nitrogen and oxygen atoms in total. The van der Waals surface area contributed by atoms with Crippen LogP contribution in [-0.2, 0) is 4.79 Å². The van der Waals surface area contributed by atoms with Crippen molar-refractivity contribution in [2.24, 2.45) is 22.1 Å². The van der Waals surface area contributed by atoms with Crippen LogP contribution in [0.5, 0.6) is 0 Å². The molecular weight excluding hydrogens is 198 g/mol. The van der Waals surface area contributed by atoms with Crippen LogP contribution in [0.15, 0.2) is 21.7 Å². The normalized spacial score (nSPS) is 45.0. The molecule has 4 unspecified atom stereocenters. The lowest BCUT2D eigenvalue weighted by atomic mass is 9.81. The van der Waals surface area contributed by atoms with Crippen molar-refractivity contribution >= 4 is 17.7 Å². The van der Waals surface area contributed by atoms with Gasteiger partial charge in [0.1, 0.15) is 0 Å². The van der Waals surface area contributed by atoms with E-state index in [0.717, 1.165) is 12.3 Å². The molecule has 0 saturated carbocycles. The number of nitrogens with one attached hydrogen (secondary N) is 1. The van der Waals surface area contributed by atoms with E-state index in [4.69, 9.17) is 0 Å². The van der Waals surface area contributed by atoms with Crippen LogP contribution < -0.4 is 5.32 Å². The smallest absolute Gasteiger partial charge is 0.270 e. The van der Waals surface area contributed by atoms with E-state index < -0.39 is 0 Å². The quantitative estimate of drug-likeness (QED) is 0.642. The molecule has 1 fully saturated rings. The number of hydrogen-bond donors (Lipinski definition) is 1. The van der Waals surface area contributed by atoms with Crippen molar-refractivity contribution in [2.75, 3.05) is 12.3 Å². The van der Waals surface area contributed by atoms with Crippen molar-refractivity contribution in [3.8, 4) is 0 Å². The highest BCUT2D eigenvalue weighted by molar-refractivity contribution is 8.02. The number of amides is 1. The van der Waals surface area contributed by atoms with Gasteiger partial charge in [0.25, 0.3) is 5.91 Å². The topological polar surface area (TPSA) is 53.8 Å². The number of carbonyl (C=O) groups is 1. The van der Waals surface area contributed by atoms with Gasteiger partial charge in [0.2, 0.25) is 0 Å². The first-order valence-corrected chi connectivity index (χ1v) is 5.87. The molecule has 1 saturated heterocycles. The zero-order valence-corrected chi connectivity index (χ0v) is 8.41. The fourth-order valence-electron chi connectivity index (χ4n) is 2.36. The fourth-order valence-corrected chi connectivity index (χ4v) is 3.38. The van der Waals surface area contributed by atoms with E-state index in [1.54, 1.807) is 11.8 Å². The Hall–Kier alpha value is -0.680. The molecule has 0 bridgehead atoms. The molecular formula is C9H11N3OS. The highest BCUT2D eigenvalue weighted by Crippen LogP contribution is 2.35. The zero-order chi connectivity index (χ0) is 9.54. The molecule has 4 atom stereocenters. The summed E-state index contributed by atoms with van der Waals surface area (Å²) in [6.07, 6.45) is 2.17. The summed E-state index contributed by atoms with van der Waals surface area (Å²) in [6.45, 7) is 0.729. The van der Waals surface area contributed by atoms with Gasteiger partial charge >= 0.3 is 0 Å². The van der Waals surface area contributed by atoms with Gasteiger partial charge in [0, 0.05) is 24.3 Å². The van der Waals surface area contributed by atoms with Crippen LogP contribution >= 0.6 is 11.8 Å². The Morgan fingerprint density at radius 2 is 2.50 bits per heavy atom. The Morgan fingerprint density at radius 3 is 3.43 bits per heavy atom. The predicted molar refractivity (Wildman–Crippen MR) is 54.0 cm³/mol. The van der Waals surface area contributed by atoms with Crippen molar-refractivity contribution in [2.45, 2.75) is 12.1 Å². The lowest BCUT2D eigenvalue weighted by Gasteiger charge is -2.37. The van der Waals surface area contributed by atoms with Gasteiger partial charge in [0.15, 0.2) is 0 Å². The van der Waals surface area contributed by atoms with Crippen LogP contribution in [0.4, 0.5) is 0 Å². The van der Waals surface area contributed by atoms with Crippen LogP contribution in [-0.4, -0.2) is 30.3 Å². The van der Waals surface area contributed by atoms with E-state index >= 15 is 0 Å². The van der Waals surface area contributed by atoms with E-state index in [-0.39, 0.29) is 17.9 Å². The van der Waals surface area contributed by atoms with E-state index in [0.29, 0.717) is 12.0 Å². The van der Waals surface area contributed by atoms with Crippen LogP contribution in [0, 0.1) is 11.8 Å². The molecule has 3 heterocycles. The highest BCUT2D eigenvalue weighted by Gasteiger charge is 2.45. The molecule has 1 amide bonds. The van der Waals surface area contributed by atoms with Crippen molar-refractivity contribution in [1.29, 1.82) is 0 Å². The van der Waals surface area contributed by atoms with Gasteiger partial charge in [-0.25, -0.2) is 0 Å². The standard InChI is InChI=1S/C9H11N3OS/c13-9-5-3-10-7-1-2-14-4-6(7)8(5)11-12-9/h1-2,5-8,10H,3-4H2.